The predicted molar refractivity (Wildman–Crippen MR) is 97.5 cm³/mol. The van der Waals surface area contributed by atoms with E-state index >= 15 is 0 Å². The Morgan fingerprint density at radius 1 is 1.15 bits per heavy atom. The molecule has 3 aromatic rings. The van der Waals surface area contributed by atoms with Crippen LogP contribution in [0.2, 0.25) is 0 Å². The van der Waals surface area contributed by atoms with Gasteiger partial charge in [0.2, 0.25) is 0 Å². The van der Waals surface area contributed by atoms with Crippen molar-refractivity contribution in [1.29, 1.82) is 0 Å². The van der Waals surface area contributed by atoms with Crippen LogP contribution in [0.5, 0.6) is 5.75 Å². The lowest BCUT2D eigenvalue weighted by atomic mass is 10.0. The second kappa shape index (κ2) is 6.65. The molecule has 1 saturated heterocycles. The topological polar surface area (TPSA) is 67.6 Å². The molecular formula is C20H19N3O3. The third-order valence-corrected chi connectivity index (χ3v) is 4.46. The van der Waals surface area contributed by atoms with Gasteiger partial charge in [0, 0.05) is 24.8 Å². The molecule has 1 aliphatic heterocycles. The van der Waals surface area contributed by atoms with Crippen LogP contribution in [0.3, 0.4) is 0 Å². The molecule has 6 heteroatoms. The van der Waals surface area contributed by atoms with Crippen LogP contribution in [-0.4, -0.2) is 52.0 Å². The maximum atomic E-state index is 12.9. The highest BCUT2D eigenvalue weighted by atomic mass is 16.5. The summed E-state index contributed by atoms with van der Waals surface area (Å²) < 4.78 is 7.01. The van der Waals surface area contributed by atoms with Crippen molar-refractivity contribution < 1.29 is 14.6 Å². The molecule has 0 saturated carbocycles. The third kappa shape index (κ3) is 2.95. The Morgan fingerprint density at radius 3 is 2.62 bits per heavy atom. The van der Waals surface area contributed by atoms with E-state index in [1.54, 1.807) is 22.9 Å². The third-order valence-electron chi connectivity index (χ3n) is 4.46. The normalized spacial score (nSPS) is 14.2. The first-order chi connectivity index (χ1) is 12.7. The lowest BCUT2D eigenvalue weighted by Gasteiger charge is -2.35. The fraction of sp³-hybridized carbons (Fsp3) is 0.200. The summed E-state index contributed by atoms with van der Waals surface area (Å²) >= 11 is 0. The van der Waals surface area contributed by atoms with Gasteiger partial charge in [0.1, 0.15) is 11.4 Å². The average Bonchev–Trinajstić information content (AvgIpc) is 3.11. The summed E-state index contributed by atoms with van der Waals surface area (Å²) in [6, 6.07) is 17.1. The lowest BCUT2D eigenvalue weighted by molar-refractivity contribution is 0.00594. The van der Waals surface area contributed by atoms with Crippen molar-refractivity contribution in [3.63, 3.8) is 0 Å². The Bertz CT molecular complexity index is 930. The molecule has 0 radical (unpaired) electrons. The number of likely N-dealkylation sites (tertiary alicyclic amines) is 1. The molecule has 1 aromatic heterocycles. The first kappa shape index (κ1) is 16.4. The molecule has 1 aliphatic rings. The summed E-state index contributed by atoms with van der Waals surface area (Å²) in [6.45, 7) is 0.708. The number of para-hydroxylation sites is 1. The van der Waals surface area contributed by atoms with E-state index in [0.29, 0.717) is 30.1 Å². The minimum atomic E-state index is -0.441. The van der Waals surface area contributed by atoms with Gasteiger partial charge in [-0.05, 0) is 24.3 Å². The fourth-order valence-corrected chi connectivity index (χ4v) is 3.02. The van der Waals surface area contributed by atoms with Crippen molar-refractivity contribution >= 4 is 5.91 Å². The van der Waals surface area contributed by atoms with E-state index in [0.717, 1.165) is 11.3 Å². The Balaban J connectivity index is 1.80. The Kier molecular flexibility index (Phi) is 4.18. The maximum absolute atomic E-state index is 12.9. The molecule has 0 unspecified atom stereocenters. The van der Waals surface area contributed by atoms with E-state index in [9.17, 15) is 9.90 Å². The molecule has 2 aromatic carbocycles. The van der Waals surface area contributed by atoms with Crippen molar-refractivity contribution in [3.8, 4) is 22.7 Å². The van der Waals surface area contributed by atoms with Gasteiger partial charge < -0.3 is 14.7 Å². The maximum Gasteiger partial charge on any atom is 0.257 e. The van der Waals surface area contributed by atoms with Crippen LogP contribution in [0.15, 0.2) is 60.8 Å². The smallest absolute Gasteiger partial charge is 0.257 e. The lowest BCUT2D eigenvalue weighted by Crippen LogP contribution is -2.53. The highest BCUT2D eigenvalue weighted by Gasteiger charge is 2.32. The molecule has 0 bridgehead atoms. The molecule has 1 amide bonds. The Labute approximate surface area is 151 Å². The zero-order valence-corrected chi connectivity index (χ0v) is 14.4. The number of hydrogen-bond donors (Lipinski definition) is 1. The number of β-amino-alcohol motifs (C(OH)–C–C–N with tert-alkyl or cyclic N) is 1. The number of carbonyl (C=O) groups is 1. The van der Waals surface area contributed by atoms with Crippen LogP contribution in [-0.2, 0) is 0 Å². The molecule has 0 aliphatic carbocycles. The molecule has 0 spiro atoms. The molecular weight excluding hydrogens is 330 g/mol. The molecule has 1 fully saturated rings. The average molecular weight is 349 g/mol. The number of amides is 1. The minimum absolute atomic E-state index is 0.129. The predicted octanol–water partition coefficient (Wildman–Crippen LogP) is 2.36. The second-order valence-corrected chi connectivity index (χ2v) is 6.27. The van der Waals surface area contributed by atoms with Gasteiger partial charge in [0.15, 0.2) is 0 Å². The van der Waals surface area contributed by atoms with Crippen molar-refractivity contribution in [2.45, 2.75) is 6.10 Å². The zero-order chi connectivity index (χ0) is 18.1. The van der Waals surface area contributed by atoms with Gasteiger partial charge in [-0.2, -0.15) is 5.10 Å². The van der Waals surface area contributed by atoms with Gasteiger partial charge in [-0.3, -0.25) is 4.79 Å². The van der Waals surface area contributed by atoms with Gasteiger partial charge in [-0.15, -0.1) is 0 Å². The molecule has 1 N–H and O–H groups in total. The summed E-state index contributed by atoms with van der Waals surface area (Å²) in [5, 5.41) is 14.2. The fourth-order valence-electron chi connectivity index (χ4n) is 3.02. The SMILES string of the molecule is COc1cccc(-c2nn(-c3ccccc3)cc2C(=O)N2CC(O)C2)c1. The van der Waals surface area contributed by atoms with Crippen LogP contribution in [0.25, 0.3) is 16.9 Å². The first-order valence-electron chi connectivity index (χ1n) is 8.42. The number of benzene rings is 2. The van der Waals surface area contributed by atoms with Crippen molar-refractivity contribution in [2.75, 3.05) is 20.2 Å². The van der Waals surface area contributed by atoms with Crippen LogP contribution >= 0.6 is 0 Å². The molecule has 2 heterocycles. The Hall–Kier alpha value is -3.12. The van der Waals surface area contributed by atoms with E-state index < -0.39 is 6.10 Å². The highest BCUT2D eigenvalue weighted by molar-refractivity contribution is 6.00. The number of methoxy groups -OCH3 is 1. The van der Waals surface area contributed by atoms with Crippen LogP contribution < -0.4 is 4.74 Å². The van der Waals surface area contributed by atoms with E-state index in [-0.39, 0.29) is 5.91 Å². The number of aromatic nitrogens is 2. The van der Waals surface area contributed by atoms with Crippen molar-refractivity contribution in [2.24, 2.45) is 0 Å². The van der Waals surface area contributed by atoms with E-state index in [1.165, 1.54) is 0 Å². The quantitative estimate of drug-likeness (QED) is 0.785. The van der Waals surface area contributed by atoms with Crippen molar-refractivity contribution in [3.05, 3.63) is 66.4 Å². The van der Waals surface area contributed by atoms with Gasteiger partial charge in [-0.1, -0.05) is 30.3 Å². The molecule has 4 rings (SSSR count). The Morgan fingerprint density at radius 2 is 1.92 bits per heavy atom. The van der Waals surface area contributed by atoms with Crippen LogP contribution in [0, 0.1) is 0 Å². The zero-order valence-electron chi connectivity index (χ0n) is 14.4. The van der Waals surface area contributed by atoms with E-state index in [4.69, 9.17) is 4.74 Å². The van der Waals surface area contributed by atoms with Gasteiger partial charge in [0.25, 0.3) is 5.91 Å². The number of aliphatic hydroxyl groups is 1. The number of aliphatic hydroxyl groups excluding tert-OH is 1. The second-order valence-electron chi connectivity index (χ2n) is 6.27. The van der Waals surface area contributed by atoms with Gasteiger partial charge in [0.05, 0.1) is 24.5 Å². The number of rotatable bonds is 4. The summed E-state index contributed by atoms with van der Waals surface area (Å²) in [7, 11) is 1.61. The van der Waals surface area contributed by atoms with Crippen molar-refractivity contribution in [1.82, 2.24) is 14.7 Å². The largest absolute Gasteiger partial charge is 0.497 e. The summed E-state index contributed by atoms with van der Waals surface area (Å²) in [6.07, 6.45) is 1.31. The molecule has 132 valence electrons. The van der Waals surface area contributed by atoms with Crippen LogP contribution in [0.1, 0.15) is 10.4 Å². The summed E-state index contributed by atoms with van der Waals surface area (Å²) in [5.41, 5.74) is 2.79. The van der Waals surface area contributed by atoms with E-state index in [1.807, 2.05) is 54.6 Å². The monoisotopic (exact) mass is 349 g/mol. The number of nitrogens with zero attached hydrogens (tertiary/aromatic N) is 3. The summed E-state index contributed by atoms with van der Waals surface area (Å²) in [4.78, 5) is 14.5. The van der Waals surface area contributed by atoms with Crippen LogP contribution in [0.4, 0.5) is 0 Å². The number of hydrogen-bond acceptors (Lipinski definition) is 4. The number of carbonyl (C=O) groups excluding carboxylic acids is 1. The molecule has 0 atom stereocenters. The van der Waals surface area contributed by atoms with E-state index in [2.05, 4.69) is 5.10 Å². The molecule has 26 heavy (non-hydrogen) atoms. The highest BCUT2D eigenvalue weighted by Crippen LogP contribution is 2.28. The first-order valence-corrected chi connectivity index (χ1v) is 8.42. The number of ether oxygens (including phenoxy) is 1. The summed E-state index contributed by atoms with van der Waals surface area (Å²) in [5.74, 6) is 0.574. The standard InChI is InChI=1S/C20H19N3O3/c1-26-17-9-5-6-14(10-17)19-18(20(25)22-11-16(24)12-22)13-23(21-19)15-7-3-2-4-8-15/h2-10,13,16,24H,11-12H2,1H3. The molecule has 6 nitrogen and oxygen atoms in total. The van der Waals surface area contributed by atoms with Gasteiger partial charge in [-0.25, -0.2) is 4.68 Å². The van der Waals surface area contributed by atoms with Gasteiger partial charge >= 0.3 is 0 Å². The minimum Gasteiger partial charge on any atom is -0.497 e.